The summed E-state index contributed by atoms with van der Waals surface area (Å²) < 4.78 is 0.850. The van der Waals surface area contributed by atoms with Crippen LogP contribution >= 0.6 is 15.9 Å². The van der Waals surface area contributed by atoms with E-state index < -0.39 is 0 Å². The first kappa shape index (κ1) is 10.4. The summed E-state index contributed by atoms with van der Waals surface area (Å²) in [5.74, 6) is -0.105. The SMILES string of the molecule is NCCN1Cc2c(Br)ccc(O)c2C1=O. The van der Waals surface area contributed by atoms with Crippen LogP contribution in [0.15, 0.2) is 16.6 Å². The minimum absolute atomic E-state index is 0.0396. The number of carbonyl (C=O) groups is 1. The Morgan fingerprint density at radius 1 is 1.53 bits per heavy atom. The van der Waals surface area contributed by atoms with E-state index >= 15 is 0 Å². The number of rotatable bonds is 2. The second-order valence-electron chi connectivity index (χ2n) is 3.44. The molecule has 1 amide bonds. The first-order chi connectivity index (χ1) is 7.15. The number of fused-ring (bicyclic) bond motifs is 1. The number of amides is 1. The standard InChI is InChI=1S/C10H11BrN2O2/c11-7-1-2-8(14)9-6(7)5-13(4-3-12)10(9)15/h1-2,14H,3-5,12H2. The maximum atomic E-state index is 11.8. The van der Waals surface area contributed by atoms with E-state index in [-0.39, 0.29) is 11.7 Å². The summed E-state index contributed by atoms with van der Waals surface area (Å²) >= 11 is 3.37. The third kappa shape index (κ3) is 1.61. The van der Waals surface area contributed by atoms with Gasteiger partial charge >= 0.3 is 0 Å². The van der Waals surface area contributed by atoms with Crippen LogP contribution in [0.4, 0.5) is 0 Å². The molecule has 1 aliphatic heterocycles. The third-order valence-electron chi connectivity index (χ3n) is 2.48. The van der Waals surface area contributed by atoms with Crippen molar-refractivity contribution >= 4 is 21.8 Å². The van der Waals surface area contributed by atoms with E-state index in [1.807, 2.05) is 0 Å². The van der Waals surface area contributed by atoms with Gasteiger partial charge in [-0.05, 0) is 12.1 Å². The molecule has 5 heteroatoms. The summed E-state index contributed by atoms with van der Waals surface area (Å²) in [4.78, 5) is 13.5. The molecule has 1 aromatic carbocycles. The molecule has 1 heterocycles. The maximum Gasteiger partial charge on any atom is 0.258 e. The molecule has 0 spiro atoms. The van der Waals surface area contributed by atoms with Crippen LogP contribution in [-0.2, 0) is 6.54 Å². The first-order valence-corrected chi connectivity index (χ1v) is 5.44. The van der Waals surface area contributed by atoms with E-state index in [1.165, 1.54) is 6.07 Å². The molecule has 3 N–H and O–H groups in total. The lowest BCUT2D eigenvalue weighted by Crippen LogP contribution is -2.29. The first-order valence-electron chi connectivity index (χ1n) is 4.65. The van der Waals surface area contributed by atoms with Gasteiger partial charge < -0.3 is 15.7 Å². The lowest BCUT2D eigenvalue weighted by atomic mass is 10.1. The molecule has 0 fully saturated rings. The largest absolute Gasteiger partial charge is 0.507 e. The number of hydrogen-bond acceptors (Lipinski definition) is 3. The van der Waals surface area contributed by atoms with E-state index in [2.05, 4.69) is 15.9 Å². The van der Waals surface area contributed by atoms with Crippen molar-refractivity contribution in [2.24, 2.45) is 5.73 Å². The monoisotopic (exact) mass is 270 g/mol. The van der Waals surface area contributed by atoms with Gasteiger partial charge in [0.2, 0.25) is 0 Å². The lowest BCUT2D eigenvalue weighted by Gasteiger charge is -2.13. The Bertz CT molecular complexity index is 420. The minimum Gasteiger partial charge on any atom is -0.507 e. The Morgan fingerprint density at radius 2 is 2.27 bits per heavy atom. The van der Waals surface area contributed by atoms with Gasteiger partial charge in [-0.3, -0.25) is 4.79 Å². The second-order valence-corrected chi connectivity index (χ2v) is 4.29. The van der Waals surface area contributed by atoms with E-state index in [9.17, 15) is 9.90 Å². The fourth-order valence-electron chi connectivity index (χ4n) is 1.76. The highest BCUT2D eigenvalue weighted by Gasteiger charge is 2.31. The zero-order valence-electron chi connectivity index (χ0n) is 8.03. The van der Waals surface area contributed by atoms with Crippen molar-refractivity contribution in [1.29, 1.82) is 0 Å². The fraction of sp³-hybridized carbons (Fsp3) is 0.300. The maximum absolute atomic E-state index is 11.8. The van der Waals surface area contributed by atoms with Crippen molar-refractivity contribution in [1.82, 2.24) is 4.90 Å². The Morgan fingerprint density at radius 3 is 2.87 bits per heavy atom. The zero-order valence-corrected chi connectivity index (χ0v) is 9.62. The summed E-state index contributed by atoms with van der Waals surface area (Å²) in [5.41, 5.74) is 6.66. The normalized spacial score (nSPS) is 14.5. The van der Waals surface area contributed by atoms with Crippen molar-refractivity contribution in [3.05, 3.63) is 27.7 Å². The van der Waals surface area contributed by atoms with Crippen molar-refractivity contribution in [2.75, 3.05) is 13.1 Å². The van der Waals surface area contributed by atoms with Gasteiger partial charge in [0.1, 0.15) is 5.75 Å². The predicted molar refractivity (Wildman–Crippen MR) is 59.6 cm³/mol. The molecule has 0 saturated heterocycles. The molecular weight excluding hydrogens is 260 g/mol. The van der Waals surface area contributed by atoms with E-state index in [1.54, 1.807) is 11.0 Å². The molecule has 15 heavy (non-hydrogen) atoms. The van der Waals surface area contributed by atoms with E-state index in [0.717, 1.165) is 10.0 Å². The molecule has 1 aromatic rings. The van der Waals surface area contributed by atoms with Crippen LogP contribution in [0.5, 0.6) is 5.75 Å². The second kappa shape index (κ2) is 3.83. The molecule has 0 bridgehead atoms. The summed E-state index contributed by atoms with van der Waals surface area (Å²) in [6, 6.07) is 3.26. The number of aromatic hydroxyl groups is 1. The molecule has 0 saturated carbocycles. The van der Waals surface area contributed by atoms with E-state index in [0.29, 0.717) is 25.2 Å². The van der Waals surface area contributed by atoms with Gasteiger partial charge in [0.05, 0.1) is 5.56 Å². The quantitative estimate of drug-likeness (QED) is 0.845. The minimum atomic E-state index is -0.144. The lowest BCUT2D eigenvalue weighted by molar-refractivity contribution is 0.0781. The smallest absolute Gasteiger partial charge is 0.258 e. The summed E-state index contributed by atoms with van der Waals surface area (Å²) in [6.45, 7) is 1.46. The van der Waals surface area contributed by atoms with Crippen LogP contribution in [0.1, 0.15) is 15.9 Å². The van der Waals surface area contributed by atoms with Gasteiger partial charge in [-0.25, -0.2) is 0 Å². The third-order valence-corrected chi connectivity index (χ3v) is 3.23. The van der Waals surface area contributed by atoms with Crippen LogP contribution in [0.2, 0.25) is 0 Å². The highest BCUT2D eigenvalue weighted by atomic mass is 79.9. The van der Waals surface area contributed by atoms with Gasteiger partial charge in [-0.2, -0.15) is 0 Å². The summed E-state index contributed by atoms with van der Waals surface area (Å²) in [6.07, 6.45) is 0. The van der Waals surface area contributed by atoms with Crippen molar-refractivity contribution in [3.8, 4) is 5.75 Å². The molecule has 0 aliphatic carbocycles. The van der Waals surface area contributed by atoms with Crippen molar-refractivity contribution in [3.63, 3.8) is 0 Å². The predicted octanol–water partition coefficient (Wildman–Crippen LogP) is 1.07. The number of halogens is 1. The number of phenols is 1. The number of phenolic OH excluding ortho intramolecular Hbond substituents is 1. The molecule has 0 radical (unpaired) electrons. The topological polar surface area (TPSA) is 66.6 Å². The molecule has 1 aliphatic rings. The van der Waals surface area contributed by atoms with Crippen LogP contribution in [0.3, 0.4) is 0 Å². The van der Waals surface area contributed by atoms with Gasteiger partial charge in [-0.15, -0.1) is 0 Å². The average molecular weight is 271 g/mol. The molecule has 0 atom stereocenters. The molecule has 0 unspecified atom stereocenters. The van der Waals surface area contributed by atoms with Crippen LogP contribution in [-0.4, -0.2) is 29.0 Å². The fourth-order valence-corrected chi connectivity index (χ4v) is 2.22. The average Bonchev–Trinajstić information content (AvgIpc) is 2.53. The molecule has 80 valence electrons. The molecule has 4 nitrogen and oxygen atoms in total. The van der Waals surface area contributed by atoms with Crippen LogP contribution < -0.4 is 5.73 Å². The Labute approximate surface area is 95.8 Å². The van der Waals surface area contributed by atoms with Crippen LogP contribution in [0, 0.1) is 0 Å². The zero-order chi connectivity index (χ0) is 11.0. The van der Waals surface area contributed by atoms with Crippen molar-refractivity contribution < 1.29 is 9.90 Å². The number of nitrogens with zero attached hydrogens (tertiary/aromatic N) is 1. The molecule has 2 rings (SSSR count). The van der Waals surface area contributed by atoms with E-state index in [4.69, 9.17) is 5.73 Å². The van der Waals surface area contributed by atoms with Crippen molar-refractivity contribution in [2.45, 2.75) is 6.54 Å². The Balaban J connectivity index is 2.44. The number of nitrogens with two attached hydrogens (primary N) is 1. The van der Waals surface area contributed by atoms with Crippen LogP contribution in [0.25, 0.3) is 0 Å². The highest BCUT2D eigenvalue weighted by molar-refractivity contribution is 9.10. The van der Waals surface area contributed by atoms with Gasteiger partial charge in [0.15, 0.2) is 0 Å². The van der Waals surface area contributed by atoms with Gasteiger partial charge in [0, 0.05) is 29.7 Å². The number of carbonyl (C=O) groups excluding carboxylic acids is 1. The van der Waals surface area contributed by atoms with Gasteiger partial charge in [-0.1, -0.05) is 15.9 Å². The summed E-state index contributed by atoms with van der Waals surface area (Å²) in [7, 11) is 0. The summed E-state index contributed by atoms with van der Waals surface area (Å²) in [5, 5.41) is 9.61. The van der Waals surface area contributed by atoms with Gasteiger partial charge in [0.25, 0.3) is 5.91 Å². The molecular formula is C10H11BrN2O2. The number of benzene rings is 1. The number of hydrogen-bond donors (Lipinski definition) is 2. The highest BCUT2D eigenvalue weighted by Crippen LogP contribution is 2.34. The Hall–Kier alpha value is -1.07. The molecule has 0 aromatic heterocycles. The Kier molecular flexibility index (Phi) is 2.67.